The molecule has 2 heterocycles. The largest absolute Gasteiger partial charge is 0.383 e. The van der Waals surface area contributed by atoms with Gasteiger partial charge in [0.05, 0.1) is 16.0 Å². The van der Waals surface area contributed by atoms with E-state index in [2.05, 4.69) is 20.2 Å². The summed E-state index contributed by atoms with van der Waals surface area (Å²) in [5.41, 5.74) is 7.35. The molecule has 8 nitrogen and oxygen atoms in total. The fourth-order valence-electron chi connectivity index (χ4n) is 1.92. The summed E-state index contributed by atoms with van der Waals surface area (Å²) in [7, 11) is -3.78. The molecule has 0 fully saturated rings. The number of benzene rings is 1. The Kier molecular flexibility index (Phi) is 2.66. The molecule has 3 aromatic rings. The number of nitrogen functional groups attached to an aromatic ring is 1. The van der Waals surface area contributed by atoms with Crippen molar-refractivity contribution < 1.29 is 8.42 Å². The minimum Gasteiger partial charge on any atom is -0.383 e. The molecule has 0 saturated heterocycles. The number of rotatable bonds is 2. The monoisotopic (exact) mass is 290 g/mol. The Balaban J connectivity index is 2.27. The smallest absolute Gasteiger partial charge is 0.238 e. The summed E-state index contributed by atoms with van der Waals surface area (Å²) < 4.78 is 22.8. The molecule has 3 rings (SSSR count). The normalized spacial score (nSPS) is 11.8. The first-order valence-electron chi connectivity index (χ1n) is 5.54. The molecule has 0 aliphatic carbocycles. The fraction of sp³-hybridized carbons (Fsp3) is 0. The first-order valence-corrected chi connectivity index (χ1v) is 7.09. The molecule has 0 saturated carbocycles. The lowest BCUT2D eigenvalue weighted by atomic mass is 10.1. The van der Waals surface area contributed by atoms with Gasteiger partial charge in [0, 0.05) is 5.56 Å². The summed E-state index contributed by atoms with van der Waals surface area (Å²) in [5, 5.41) is 12.5. The first-order chi connectivity index (χ1) is 9.47. The summed E-state index contributed by atoms with van der Waals surface area (Å²) in [6.07, 6.45) is 1.31. The van der Waals surface area contributed by atoms with Crippen molar-refractivity contribution >= 4 is 26.9 Å². The summed E-state index contributed by atoms with van der Waals surface area (Å²) in [5.74, 6) is 0.264. The van der Waals surface area contributed by atoms with Crippen molar-refractivity contribution in [2.45, 2.75) is 4.90 Å². The van der Waals surface area contributed by atoms with Crippen molar-refractivity contribution in [2.24, 2.45) is 5.14 Å². The van der Waals surface area contributed by atoms with E-state index >= 15 is 0 Å². The highest BCUT2D eigenvalue weighted by atomic mass is 32.2. The third-order valence-corrected chi connectivity index (χ3v) is 3.74. The summed E-state index contributed by atoms with van der Waals surface area (Å²) in [4.78, 5) is 7.89. The van der Waals surface area contributed by atoms with E-state index in [4.69, 9.17) is 10.9 Å². The van der Waals surface area contributed by atoms with Crippen molar-refractivity contribution in [1.82, 2.24) is 20.2 Å². The van der Waals surface area contributed by atoms with Crippen LogP contribution >= 0.6 is 0 Å². The van der Waals surface area contributed by atoms with Gasteiger partial charge in [0.2, 0.25) is 10.0 Å². The number of H-pyrrole nitrogens is 1. The number of sulfonamides is 1. The Morgan fingerprint density at radius 2 is 2.00 bits per heavy atom. The third-order valence-electron chi connectivity index (χ3n) is 2.83. The Bertz CT molecular complexity index is 902. The molecule has 20 heavy (non-hydrogen) atoms. The molecular weight excluding hydrogens is 280 g/mol. The van der Waals surface area contributed by atoms with E-state index in [9.17, 15) is 8.42 Å². The lowest BCUT2D eigenvalue weighted by Gasteiger charge is -2.03. The zero-order valence-electron chi connectivity index (χ0n) is 10.1. The molecule has 0 unspecified atom stereocenters. The lowest BCUT2D eigenvalue weighted by molar-refractivity contribution is 0.598. The number of fused-ring (bicyclic) bond motifs is 1. The van der Waals surface area contributed by atoms with Crippen molar-refractivity contribution in [3.8, 4) is 11.3 Å². The van der Waals surface area contributed by atoms with Crippen molar-refractivity contribution in [1.29, 1.82) is 0 Å². The number of nitrogens with one attached hydrogen (secondary N) is 1. The zero-order chi connectivity index (χ0) is 14.3. The van der Waals surface area contributed by atoms with Gasteiger partial charge < -0.3 is 5.73 Å². The summed E-state index contributed by atoms with van der Waals surface area (Å²) >= 11 is 0. The third kappa shape index (κ3) is 1.98. The summed E-state index contributed by atoms with van der Waals surface area (Å²) in [6.45, 7) is 0. The predicted molar refractivity (Wildman–Crippen MR) is 72.9 cm³/mol. The number of nitrogens with zero attached hydrogens (tertiary/aromatic N) is 3. The van der Waals surface area contributed by atoms with E-state index < -0.39 is 10.0 Å². The highest BCUT2D eigenvalue weighted by molar-refractivity contribution is 7.89. The van der Waals surface area contributed by atoms with Crippen LogP contribution < -0.4 is 10.9 Å². The van der Waals surface area contributed by atoms with Gasteiger partial charge in [-0.3, -0.25) is 5.10 Å². The van der Waals surface area contributed by atoms with Gasteiger partial charge in [0.15, 0.2) is 5.65 Å². The van der Waals surface area contributed by atoms with Crippen LogP contribution in [-0.4, -0.2) is 28.6 Å². The van der Waals surface area contributed by atoms with Crippen LogP contribution in [-0.2, 0) is 10.0 Å². The zero-order valence-corrected chi connectivity index (χ0v) is 10.9. The van der Waals surface area contributed by atoms with Crippen LogP contribution in [0.4, 0.5) is 5.82 Å². The number of aromatic nitrogens is 4. The maximum Gasteiger partial charge on any atom is 0.238 e. The van der Waals surface area contributed by atoms with Crippen molar-refractivity contribution in [2.75, 3.05) is 5.73 Å². The van der Waals surface area contributed by atoms with Crippen molar-refractivity contribution in [3.63, 3.8) is 0 Å². The maximum atomic E-state index is 11.4. The van der Waals surface area contributed by atoms with E-state index in [-0.39, 0.29) is 10.7 Å². The molecule has 0 atom stereocenters. The Labute approximate surface area is 113 Å². The average Bonchev–Trinajstić information content (AvgIpc) is 2.83. The van der Waals surface area contributed by atoms with Crippen LogP contribution in [0.25, 0.3) is 22.3 Å². The summed E-state index contributed by atoms with van der Waals surface area (Å²) in [6, 6.07) is 6.15. The molecule has 0 amide bonds. The number of hydrogen-bond donors (Lipinski definition) is 3. The molecule has 5 N–H and O–H groups in total. The van der Waals surface area contributed by atoms with Gasteiger partial charge in [0.25, 0.3) is 0 Å². The van der Waals surface area contributed by atoms with Gasteiger partial charge >= 0.3 is 0 Å². The molecule has 0 bridgehead atoms. The minimum absolute atomic E-state index is 0.00757. The second kappa shape index (κ2) is 4.25. The standard InChI is InChI=1S/C11H10N6O2S/c12-10-8-9(16-17-11(8)15-5-14-10)6-2-1-3-7(4-6)20(13,18)19/h1-5H,(H2,13,18,19)(H3,12,14,15,16,17). The second-order valence-electron chi connectivity index (χ2n) is 4.13. The quantitative estimate of drug-likeness (QED) is 0.617. The van der Waals surface area contributed by atoms with Gasteiger partial charge in [-0.15, -0.1) is 0 Å². The van der Waals surface area contributed by atoms with Crippen LogP contribution in [0.1, 0.15) is 0 Å². The molecule has 0 aliphatic heterocycles. The molecule has 9 heteroatoms. The Morgan fingerprint density at radius 1 is 1.20 bits per heavy atom. The van der Waals surface area contributed by atoms with Gasteiger partial charge in [0.1, 0.15) is 12.1 Å². The van der Waals surface area contributed by atoms with Crippen LogP contribution in [0.5, 0.6) is 0 Å². The van der Waals surface area contributed by atoms with E-state index in [0.717, 1.165) is 0 Å². The maximum absolute atomic E-state index is 11.4. The van der Waals surface area contributed by atoms with Crippen LogP contribution in [0.2, 0.25) is 0 Å². The van der Waals surface area contributed by atoms with Gasteiger partial charge in [-0.25, -0.2) is 23.5 Å². The molecule has 1 aromatic carbocycles. The molecular formula is C11H10N6O2S. The minimum atomic E-state index is -3.78. The van der Waals surface area contributed by atoms with E-state index in [0.29, 0.717) is 22.3 Å². The van der Waals surface area contributed by atoms with E-state index in [1.807, 2.05) is 0 Å². The van der Waals surface area contributed by atoms with Crippen LogP contribution in [0, 0.1) is 0 Å². The van der Waals surface area contributed by atoms with Gasteiger partial charge in [-0.05, 0) is 12.1 Å². The molecule has 0 radical (unpaired) electrons. The molecule has 2 aromatic heterocycles. The van der Waals surface area contributed by atoms with Gasteiger partial charge in [-0.2, -0.15) is 5.10 Å². The SMILES string of the molecule is Nc1ncnc2n[nH]c(-c3cccc(S(N)(=O)=O)c3)c12. The van der Waals surface area contributed by atoms with E-state index in [1.54, 1.807) is 12.1 Å². The Hall–Kier alpha value is -2.52. The second-order valence-corrected chi connectivity index (χ2v) is 5.69. The number of nitrogens with two attached hydrogens (primary N) is 2. The number of anilines is 1. The number of primary sulfonamides is 1. The average molecular weight is 290 g/mol. The number of hydrogen-bond acceptors (Lipinski definition) is 6. The molecule has 0 aliphatic rings. The van der Waals surface area contributed by atoms with E-state index in [1.165, 1.54) is 18.5 Å². The predicted octanol–water partition coefficient (Wildman–Crippen LogP) is 0.249. The van der Waals surface area contributed by atoms with Crippen molar-refractivity contribution in [3.05, 3.63) is 30.6 Å². The first kappa shape index (κ1) is 12.5. The topological polar surface area (TPSA) is 141 Å². The van der Waals surface area contributed by atoms with Crippen LogP contribution in [0.15, 0.2) is 35.5 Å². The fourth-order valence-corrected chi connectivity index (χ4v) is 2.48. The lowest BCUT2D eigenvalue weighted by Crippen LogP contribution is -2.11. The number of aromatic amines is 1. The molecule has 102 valence electrons. The highest BCUT2D eigenvalue weighted by Gasteiger charge is 2.14. The van der Waals surface area contributed by atoms with Gasteiger partial charge in [-0.1, -0.05) is 12.1 Å². The molecule has 0 spiro atoms. The highest BCUT2D eigenvalue weighted by Crippen LogP contribution is 2.29. The van der Waals surface area contributed by atoms with Crippen LogP contribution in [0.3, 0.4) is 0 Å². The Morgan fingerprint density at radius 3 is 2.75 bits per heavy atom.